The van der Waals surface area contributed by atoms with Crippen molar-refractivity contribution >= 4 is 5.97 Å². The summed E-state index contributed by atoms with van der Waals surface area (Å²) in [5.41, 5.74) is -4.34. The van der Waals surface area contributed by atoms with Crippen molar-refractivity contribution in [1.82, 2.24) is 0 Å². The number of halogens is 6. The second-order valence-corrected chi connectivity index (χ2v) is 3.79. The van der Waals surface area contributed by atoms with Gasteiger partial charge in [0, 0.05) is 5.57 Å². The topological polar surface area (TPSA) is 35.5 Å². The Morgan fingerprint density at radius 1 is 1.05 bits per heavy atom. The van der Waals surface area contributed by atoms with Gasteiger partial charge in [0.1, 0.15) is 6.61 Å². The van der Waals surface area contributed by atoms with Gasteiger partial charge in [-0.3, -0.25) is 0 Å². The van der Waals surface area contributed by atoms with Gasteiger partial charge in [-0.05, 0) is 13.8 Å². The van der Waals surface area contributed by atoms with Crippen molar-refractivity contribution in [3.8, 4) is 0 Å². The van der Waals surface area contributed by atoms with Gasteiger partial charge < -0.3 is 9.47 Å². The highest BCUT2D eigenvalue weighted by molar-refractivity contribution is 5.86. The van der Waals surface area contributed by atoms with Gasteiger partial charge in [0.15, 0.2) is 0 Å². The van der Waals surface area contributed by atoms with Crippen molar-refractivity contribution in [2.24, 2.45) is 0 Å². The standard InChI is InChI=1S/C10H12F6O3/c1-6(2)7(17)18-4-5-19-8(3,9(11,12)13)10(14,15)16/h1,4-5H2,2-3H3. The van der Waals surface area contributed by atoms with Gasteiger partial charge in [-0.25, -0.2) is 4.79 Å². The number of hydrogen-bond donors (Lipinski definition) is 0. The minimum absolute atomic E-state index is 0.0330. The molecule has 0 rings (SSSR count). The molecule has 0 spiro atoms. The molecule has 0 aromatic heterocycles. The molecule has 0 saturated heterocycles. The zero-order chi connectivity index (χ0) is 15.5. The van der Waals surface area contributed by atoms with E-state index in [0.29, 0.717) is 0 Å². The summed E-state index contributed by atoms with van der Waals surface area (Å²) in [4.78, 5) is 10.8. The molecule has 0 aromatic rings. The monoisotopic (exact) mass is 294 g/mol. The van der Waals surface area contributed by atoms with Gasteiger partial charge in [-0.1, -0.05) is 6.58 Å². The van der Waals surface area contributed by atoms with Crippen molar-refractivity contribution in [2.45, 2.75) is 31.8 Å². The van der Waals surface area contributed by atoms with Crippen molar-refractivity contribution in [2.75, 3.05) is 13.2 Å². The van der Waals surface area contributed by atoms with Crippen molar-refractivity contribution < 1.29 is 40.6 Å². The highest BCUT2D eigenvalue weighted by Gasteiger charge is 2.69. The normalized spacial score (nSPS) is 13.3. The van der Waals surface area contributed by atoms with Crippen molar-refractivity contribution in [3.63, 3.8) is 0 Å². The minimum Gasteiger partial charge on any atom is -0.460 e. The van der Waals surface area contributed by atoms with Gasteiger partial charge in [-0.2, -0.15) is 26.3 Å². The molecule has 19 heavy (non-hydrogen) atoms. The van der Waals surface area contributed by atoms with Crippen LogP contribution in [-0.2, 0) is 14.3 Å². The SMILES string of the molecule is C=C(C)C(=O)OCCOC(C)(C(F)(F)F)C(F)(F)F. The Balaban J connectivity index is 4.56. The zero-order valence-electron chi connectivity index (χ0n) is 10.1. The first-order valence-corrected chi connectivity index (χ1v) is 4.93. The average molecular weight is 294 g/mol. The lowest BCUT2D eigenvalue weighted by molar-refractivity contribution is -0.374. The first kappa shape index (κ1) is 17.8. The van der Waals surface area contributed by atoms with Crippen LogP contribution in [0.1, 0.15) is 13.8 Å². The molecule has 0 heterocycles. The zero-order valence-corrected chi connectivity index (χ0v) is 10.1. The fourth-order valence-corrected chi connectivity index (χ4v) is 0.828. The number of hydrogen-bond acceptors (Lipinski definition) is 3. The van der Waals surface area contributed by atoms with Crippen LogP contribution in [0.5, 0.6) is 0 Å². The highest BCUT2D eigenvalue weighted by Crippen LogP contribution is 2.45. The third kappa shape index (κ3) is 4.41. The molecule has 0 aliphatic rings. The summed E-state index contributed by atoms with van der Waals surface area (Å²) in [5, 5.41) is 0. The molecule has 3 nitrogen and oxygen atoms in total. The lowest BCUT2D eigenvalue weighted by Gasteiger charge is -2.33. The van der Waals surface area contributed by atoms with Gasteiger partial charge in [0.05, 0.1) is 6.61 Å². The van der Waals surface area contributed by atoms with Crippen LogP contribution in [0.3, 0.4) is 0 Å². The summed E-state index contributed by atoms with van der Waals surface area (Å²) in [6.07, 6.45) is -11.3. The fraction of sp³-hybridized carbons (Fsp3) is 0.700. The Morgan fingerprint density at radius 2 is 1.47 bits per heavy atom. The maximum absolute atomic E-state index is 12.3. The van der Waals surface area contributed by atoms with E-state index >= 15 is 0 Å². The highest BCUT2D eigenvalue weighted by atomic mass is 19.4. The molecule has 0 aliphatic heterocycles. The van der Waals surface area contributed by atoms with Crippen molar-refractivity contribution in [1.29, 1.82) is 0 Å². The van der Waals surface area contributed by atoms with Gasteiger partial charge in [0.25, 0.3) is 5.60 Å². The van der Waals surface area contributed by atoms with E-state index in [1.165, 1.54) is 6.92 Å². The Bertz CT molecular complexity index is 330. The molecule has 0 fully saturated rings. The first-order chi connectivity index (χ1) is 8.33. The number of rotatable bonds is 5. The van der Waals surface area contributed by atoms with E-state index in [2.05, 4.69) is 16.1 Å². The van der Waals surface area contributed by atoms with E-state index in [4.69, 9.17) is 0 Å². The van der Waals surface area contributed by atoms with Crippen LogP contribution in [0.25, 0.3) is 0 Å². The molecule has 0 unspecified atom stereocenters. The summed E-state index contributed by atoms with van der Waals surface area (Å²) in [5.74, 6) is -0.927. The van der Waals surface area contributed by atoms with Gasteiger partial charge >= 0.3 is 18.3 Å². The molecule has 0 saturated carbocycles. The number of esters is 1. The Labute approximate surface area is 105 Å². The molecule has 112 valence electrons. The number of carbonyl (C=O) groups is 1. The van der Waals surface area contributed by atoms with Crippen LogP contribution in [-0.4, -0.2) is 37.1 Å². The third-order valence-electron chi connectivity index (χ3n) is 2.14. The molecular formula is C10H12F6O3. The van der Waals surface area contributed by atoms with Crippen LogP contribution >= 0.6 is 0 Å². The van der Waals surface area contributed by atoms with E-state index < -0.39 is 37.1 Å². The molecule has 9 heteroatoms. The van der Waals surface area contributed by atoms with E-state index in [1.807, 2.05) is 0 Å². The minimum atomic E-state index is -5.64. The molecule has 0 atom stereocenters. The number of carbonyl (C=O) groups excluding carboxylic acids is 1. The summed E-state index contributed by atoms with van der Waals surface area (Å²) in [6.45, 7) is 2.54. The summed E-state index contributed by atoms with van der Waals surface area (Å²) < 4.78 is 82.2. The van der Waals surface area contributed by atoms with Gasteiger partial charge in [0.2, 0.25) is 0 Å². The van der Waals surface area contributed by atoms with Crippen LogP contribution < -0.4 is 0 Å². The van der Waals surface area contributed by atoms with Crippen LogP contribution in [0.4, 0.5) is 26.3 Å². The molecule has 0 bridgehead atoms. The lowest BCUT2D eigenvalue weighted by Crippen LogP contribution is -2.56. The first-order valence-electron chi connectivity index (χ1n) is 4.93. The summed E-state index contributed by atoms with van der Waals surface area (Å²) >= 11 is 0. The van der Waals surface area contributed by atoms with Crippen LogP contribution in [0, 0.1) is 0 Å². The molecular weight excluding hydrogens is 282 g/mol. The van der Waals surface area contributed by atoms with E-state index in [1.54, 1.807) is 0 Å². The summed E-state index contributed by atoms with van der Waals surface area (Å²) in [7, 11) is 0. The molecule has 0 radical (unpaired) electrons. The smallest absolute Gasteiger partial charge is 0.426 e. The molecule has 0 amide bonds. The average Bonchev–Trinajstić information content (AvgIpc) is 2.20. The third-order valence-corrected chi connectivity index (χ3v) is 2.14. The summed E-state index contributed by atoms with van der Waals surface area (Å²) in [6, 6.07) is 0. The lowest BCUT2D eigenvalue weighted by atomic mass is 10.1. The number of alkyl halides is 6. The van der Waals surface area contributed by atoms with E-state index in [-0.39, 0.29) is 12.5 Å². The quantitative estimate of drug-likeness (QED) is 0.338. The van der Waals surface area contributed by atoms with E-state index in [9.17, 15) is 31.1 Å². The van der Waals surface area contributed by atoms with Gasteiger partial charge in [-0.15, -0.1) is 0 Å². The molecule has 0 aromatic carbocycles. The Hall–Kier alpha value is -1.25. The predicted octanol–water partition coefficient (Wildman–Crippen LogP) is 3.01. The largest absolute Gasteiger partial charge is 0.460 e. The second-order valence-electron chi connectivity index (χ2n) is 3.79. The van der Waals surface area contributed by atoms with E-state index in [0.717, 1.165) is 0 Å². The Kier molecular flexibility index (Phi) is 5.42. The maximum Gasteiger partial charge on any atom is 0.426 e. The second kappa shape index (κ2) is 5.81. The van der Waals surface area contributed by atoms with Crippen LogP contribution in [0.15, 0.2) is 12.2 Å². The number of ether oxygens (including phenoxy) is 2. The van der Waals surface area contributed by atoms with Crippen LogP contribution in [0.2, 0.25) is 0 Å². The molecule has 0 aliphatic carbocycles. The molecule has 0 N–H and O–H groups in total. The predicted molar refractivity (Wildman–Crippen MR) is 52.2 cm³/mol. The Morgan fingerprint density at radius 3 is 1.79 bits per heavy atom. The maximum atomic E-state index is 12.3. The fourth-order valence-electron chi connectivity index (χ4n) is 0.828. The van der Waals surface area contributed by atoms with Crippen molar-refractivity contribution in [3.05, 3.63) is 12.2 Å².